The van der Waals surface area contributed by atoms with Crippen molar-refractivity contribution in [2.45, 2.75) is 0 Å². The van der Waals surface area contributed by atoms with E-state index < -0.39 is 8.25 Å². The zero-order valence-corrected chi connectivity index (χ0v) is 6.61. The molecule has 0 spiro atoms. The van der Waals surface area contributed by atoms with Crippen LogP contribution in [0.1, 0.15) is 1.43 Å². The van der Waals surface area contributed by atoms with Crippen LogP contribution in [0.4, 0.5) is 0 Å². The molecule has 0 aliphatic heterocycles. The van der Waals surface area contributed by atoms with Gasteiger partial charge in [-0.05, 0) is 0 Å². The van der Waals surface area contributed by atoms with Gasteiger partial charge in [0.2, 0.25) is 0 Å². The average molecular weight is 119 g/mol. The monoisotopic (exact) mass is 119 g/mol. The first-order valence-corrected chi connectivity index (χ1v) is 2.10. The molecule has 0 aliphatic carbocycles. The Morgan fingerprint density at radius 2 is 2.17 bits per heavy atom. The summed E-state index contributed by atoms with van der Waals surface area (Å²) in [4.78, 5) is 7.65. The van der Waals surface area contributed by atoms with Gasteiger partial charge in [-0.25, -0.2) is 0 Å². The van der Waals surface area contributed by atoms with E-state index in [9.17, 15) is 4.57 Å². The Morgan fingerprint density at radius 3 is 2.17 bits per heavy atom. The van der Waals surface area contributed by atoms with Crippen molar-refractivity contribution < 1.29 is 45.0 Å². The van der Waals surface area contributed by atoms with Crippen LogP contribution >= 0.6 is 8.25 Å². The van der Waals surface area contributed by atoms with Crippen molar-refractivity contribution in [2.75, 3.05) is 7.11 Å². The van der Waals surface area contributed by atoms with E-state index in [4.69, 9.17) is 4.89 Å². The van der Waals surface area contributed by atoms with Gasteiger partial charge in [-0.3, -0.25) is 0 Å². The summed E-state index contributed by atoms with van der Waals surface area (Å²) in [5.74, 6) is 0. The SMILES string of the molecule is CO[P+](=O)O.[H-].[Na+]. The molecular weight excluding hydrogens is 114 g/mol. The van der Waals surface area contributed by atoms with Gasteiger partial charge in [0.1, 0.15) is 0 Å². The molecule has 0 aromatic carbocycles. The summed E-state index contributed by atoms with van der Waals surface area (Å²) in [6.45, 7) is 0. The van der Waals surface area contributed by atoms with Crippen molar-refractivity contribution in [3.05, 3.63) is 0 Å². The minimum absolute atomic E-state index is 0. The van der Waals surface area contributed by atoms with Crippen LogP contribution in [0.5, 0.6) is 0 Å². The maximum Gasteiger partial charge on any atom is 1.00 e. The van der Waals surface area contributed by atoms with Crippen molar-refractivity contribution in [1.82, 2.24) is 0 Å². The molecule has 0 fully saturated rings. The van der Waals surface area contributed by atoms with E-state index in [0.717, 1.165) is 0 Å². The van der Waals surface area contributed by atoms with E-state index in [1.807, 2.05) is 0 Å². The molecule has 0 saturated heterocycles. The standard InChI is InChI=1S/CH3O3P.Na.H/c1-4-5(2)3;;/h1H3;;/q;+1;-1/p+1. The Morgan fingerprint density at radius 1 is 2.00 bits per heavy atom. The summed E-state index contributed by atoms with van der Waals surface area (Å²) < 4.78 is 13.1. The third-order valence-electron chi connectivity index (χ3n) is 0.156. The molecule has 32 valence electrons. The fourth-order valence-corrected chi connectivity index (χ4v) is 0. The van der Waals surface area contributed by atoms with Gasteiger partial charge >= 0.3 is 37.8 Å². The Labute approximate surface area is 60.4 Å². The molecule has 0 bridgehead atoms. The molecular formula is CH5NaO3P+. The van der Waals surface area contributed by atoms with Crippen LogP contribution in [0, 0.1) is 0 Å². The summed E-state index contributed by atoms with van der Waals surface area (Å²) in [7, 11) is -1.18. The van der Waals surface area contributed by atoms with Gasteiger partial charge in [-0.1, -0.05) is 0 Å². The van der Waals surface area contributed by atoms with Crippen molar-refractivity contribution in [2.24, 2.45) is 0 Å². The van der Waals surface area contributed by atoms with Gasteiger partial charge in [-0.2, -0.15) is 0 Å². The van der Waals surface area contributed by atoms with Crippen LogP contribution in [0.3, 0.4) is 0 Å². The van der Waals surface area contributed by atoms with E-state index in [0.29, 0.717) is 0 Å². The maximum absolute atomic E-state index is 9.29. The molecule has 5 heteroatoms. The normalized spacial score (nSPS) is 9.33. The Balaban J connectivity index is -0.0000000800. The van der Waals surface area contributed by atoms with Crippen LogP contribution in [0.2, 0.25) is 0 Å². The summed E-state index contributed by atoms with van der Waals surface area (Å²) in [6, 6.07) is 0. The predicted octanol–water partition coefficient (Wildman–Crippen LogP) is -2.60. The molecule has 0 aromatic rings. The van der Waals surface area contributed by atoms with Crippen molar-refractivity contribution >= 4 is 8.25 Å². The van der Waals surface area contributed by atoms with E-state index in [2.05, 4.69) is 4.52 Å². The van der Waals surface area contributed by atoms with Gasteiger partial charge in [0.25, 0.3) is 0 Å². The quantitative estimate of drug-likeness (QED) is 0.304. The fraction of sp³-hybridized carbons (Fsp3) is 1.00. The Hall–Kier alpha value is 1.02. The second-order valence-corrected chi connectivity index (χ2v) is 1.26. The van der Waals surface area contributed by atoms with Gasteiger partial charge < -0.3 is 1.43 Å². The van der Waals surface area contributed by atoms with Crippen molar-refractivity contribution in [1.29, 1.82) is 0 Å². The van der Waals surface area contributed by atoms with Crippen molar-refractivity contribution in [3.8, 4) is 0 Å². The fourth-order valence-electron chi connectivity index (χ4n) is 0. The third-order valence-corrected chi connectivity index (χ3v) is 0.469. The van der Waals surface area contributed by atoms with Crippen LogP contribution in [0.25, 0.3) is 0 Å². The summed E-state index contributed by atoms with van der Waals surface area (Å²) in [5.41, 5.74) is 0. The molecule has 0 amide bonds. The first kappa shape index (κ1) is 10.1. The first-order valence-electron chi connectivity index (χ1n) is 0.973. The zero-order valence-electron chi connectivity index (χ0n) is 4.71. The number of hydrogen-bond acceptors (Lipinski definition) is 2. The molecule has 6 heavy (non-hydrogen) atoms. The Kier molecular flexibility index (Phi) is 10.1. The van der Waals surface area contributed by atoms with Gasteiger partial charge in [0, 0.05) is 4.57 Å². The van der Waals surface area contributed by atoms with E-state index >= 15 is 0 Å². The summed E-state index contributed by atoms with van der Waals surface area (Å²) in [6.07, 6.45) is 0. The van der Waals surface area contributed by atoms with Crippen LogP contribution in [-0.4, -0.2) is 12.0 Å². The summed E-state index contributed by atoms with van der Waals surface area (Å²) in [5, 5.41) is 0. The molecule has 0 aliphatic rings. The molecule has 0 aromatic heterocycles. The maximum atomic E-state index is 9.29. The second-order valence-electron chi connectivity index (χ2n) is 0.420. The van der Waals surface area contributed by atoms with E-state index in [1.54, 1.807) is 0 Å². The minimum atomic E-state index is -2.35. The van der Waals surface area contributed by atoms with Crippen LogP contribution < -0.4 is 29.6 Å². The summed E-state index contributed by atoms with van der Waals surface area (Å²) >= 11 is 0. The van der Waals surface area contributed by atoms with Crippen LogP contribution in [-0.2, 0) is 9.09 Å². The predicted molar refractivity (Wildman–Crippen MR) is 17.9 cm³/mol. The molecule has 1 atom stereocenters. The first-order chi connectivity index (χ1) is 2.27. The molecule has 3 nitrogen and oxygen atoms in total. The van der Waals surface area contributed by atoms with Crippen LogP contribution in [0.15, 0.2) is 0 Å². The second kappa shape index (κ2) is 6.02. The van der Waals surface area contributed by atoms with Gasteiger partial charge in [0.05, 0.1) is 7.11 Å². The molecule has 1 N–H and O–H groups in total. The topological polar surface area (TPSA) is 46.5 Å². The number of rotatable bonds is 1. The molecule has 0 heterocycles. The van der Waals surface area contributed by atoms with Gasteiger partial charge in [0.15, 0.2) is 0 Å². The van der Waals surface area contributed by atoms with Crippen molar-refractivity contribution in [3.63, 3.8) is 0 Å². The average Bonchev–Trinajstić information content (AvgIpc) is 1.38. The largest absolute Gasteiger partial charge is 1.00 e. The zero-order chi connectivity index (χ0) is 4.28. The van der Waals surface area contributed by atoms with E-state index in [-0.39, 0.29) is 31.0 Å². The van der Waals surface area contributed by atoms with E-state index in [1.165, 1.54) is 7.11 Å². The number of hydrogen-bond donors (Lipinski definition) is 1. The molecule has 0 radical (unpaired) electrons. The third kappa shape index (κ3) is 8.89. The molecule has 0 rings (SSSR count). The van der Waals surface area contributed by atoms with Gasteiger partial charge in [-0.15, -0.1) is 9.42 Å². The molecule has 1 unspecified atom stereocenters. The minimum Gasteiger partial charge on any atom is -1.00 e. The Bertz CT molecular complexity index is 50.2. The molecule has 0 saturated carbocycles. The smallest absolute Gasteiger partial charge is 1.00 e.